The molecule has 8 aromatic carbocycles. The Balaban J connectivity index is 0.000000218. The second-order valence-corrected chi connectivity index (χ2v) is 29.5. The highest BCUT2D eigenvalue weighted by Gasteiger charge is 2.35. The highest BCUT2D eigenvalue weighted by Crippen LogP contribution is 2.52. The van der Waals surface area contributed by atoms with Gasteiger partial charge in [-0.25, -0.2) is 40.6 Å². The van der Waals surface area contributed by atoms with Crippen LogP contribution in [-0.2, 0) is 37.8 Å². The van der Waals surface area contributed by atoms with E-state index in [0.29, 0.717) is 24.6 Å². The van der Waals surface area contributed by atoms with Crippen LogP contribution in [-0.4, -0.2) is 57.3 Å². The van der Waals surface area contributed by atoms with Crippen LogP contribution in [0.25, 0.3) is 0 Å². The predicted molar refractivity (Wildman–Crippen MR) is 302 cm³/mol. The quantitative estimate of drug-likeness (QED) is 0.0276. The van der Waals surface area contributed by atoms with Gasteiger partial charge >= 0.3 is 0 Å². The molecule has 0 saturated carbocycles. The van der Waals surface area contributed by atoms with Crippen LogP contribution < -0.4 is 42.4 Å². The van der Waals surface area contributed by atoms with Gasteiger partial charge in [-0.15, -0.1) is 0 Å². The van der Waals surface area contributed by atoms with Gasteiger partial charge in [0.1, 0.15) is 28.6 Å². The lowest BCUT2D eigenvalue weighted by atomic mass is 10.4. The molecule has 12 nitrogen and oxygen atoms in total. The Morgan fingerprint density at radius 3 is 0.446 bits per heavy atom. The van der Waals surface area contributed by atoms with Gasteiger partial charge < -0.3 is 18.3 Å². The molecule has 0 unspecified atom stereocenters. The van der Waals surface area contributed by atoms with Crippen molar-refractivity contribution in [1.29, 1.82) is 0 Å². The first-order valence-corrected chi connectivity index (χ1v) is 31.2. The van der Waals surface area contributed by atoms with Crippen molar-refractivity contribution in [3.8, 4) is 0 Å². The lowest BCUT2D eigenvalue weighted by Crippen LogP contribution is -2.24. The van der Waals surface area contributed by atoms with Crippen molar-refractivity contribution < 1.29 is 58.8 Å². The smallest absolute Gasteiger partial charge is 0.227 e. The normalized spacial score (nSPS) is 11.9. The zero-order valence-corrected chi connectivity index (χ0v) is 45.3. The molecule has 0 saturated heterocycles. The highest BCUT2D eigenvalue weighted by molar-refractivity contribution is 7.83. The van der Waals surface area contributed by atoms with E-state index in [4.69, 9.17) is 21.0 Å². The summed E-state index contributed by atoms with van der Waals surface area (Å²) >= 11 is 0. The van der Waals surface area contributed by atoms with Crippen LogP contribution in [0.3, 0.4) is 0 Å². The molecule has 0 aliphatic heterocycles. The summed E-state index contributed by atoms with van der Waals surface area (Å²) < 4.78 is 57.6. The van der Waals surface area contributed by atoms with Crippen LogP contribution in [0.5, 0.6) is 0 Å². The molecule has 0 radical (unpaired) electrons. The van der Waals surface area contributed by atoms with Crippen LogP contribution in [0, 0.1) is 0 Å². The summed E-state index contributed by atoms with van der Waals surface area (Å²) in [7, 11) is -11.7. The third-order valence-electron chi connectivity index (χ3n) is 11.7. The lowest BCUT2D eigenvalue weighted by molar-refractivity contribution is -0.474. The van der Waals surface area contributed by atoms with E-state index in [9.17, 15) is 18.3 Å². The Kier molecular flexibility index (Phi) is 22.7. The highest BCUT2D eigenvalue weighted by atomic mass is 31.2. The summed E-state index contributed by atoms with van der Waals surface area (Å²) in [6.45, 7) is 5.42. The summed E-state index contributed by atoms with van der Waals surface area (Å²) in [5.74, 6) is -2.61. The summed E-state index contributed by atoms with van der Waals surface area (Å²) in [5.41, 5.74) is 0. The topological polar surface area (TPSA) is 186 Å². The Bertz CT molecular complexity index is 2460. The molecule has 388 valence electrons. The molecule has 0 fully saturated rings. The van der Waals surface area contributed by atoms with Gasteiger partial charge in [-0.3, -0.25) is 0 Å². The Morgan fingerprint density at radius 2 is 0.365 bits per heavy atom. The Hall–Kier alpha value is -5.64. The molecule has 0 heterocycles. The SMILES string of the molecule is CC(C)(OO)OO.CC(C)(OO)OO.O=P(CCP(=O)(c1ccccc1)c1ccccc1)(c1ccccc1)c1ccccc1.O=P(CCP(=O)(c1ccccc1)c1ccccc1)(c1ccccc1)c1ccccc1. The van der Waals surface area contributed by atoms with Gasteiger partial charge in [0.25, 0.3) is 0 Å². The van der Waals surface area contributed by atoms with Crippen molar-refractivity contribution in [2.24, 2.45) is 0 Å². The number of benzene rings is 8. The van der Waals surface area contributed by atoms with Crippen molar-refractivity contribution >= 4 is 71.0 Å². The second-order valence-electron chi connectivity index (χ2n) is 17.7. The fourth-order valence-electron chi connectivity index (χ4n) is 7.58. The number of hydrogen-bond donors (Lipinski definition) is 4. The van der Waals surface area contributed by atoms with E-state index in [1.807, 2.05) is 243 Å². The maximum Gasteiger partial charge on any atom is 0.227 e. The van der Waals surface area contributed by atoms with E-state index in [0.717, 1.165) is 42.4 Å². The van der Waals surface area contributed by atoms with E-state index in [1.165, 1.54) is 27.7 Å². The zero-order valence-electron chi connectivity index (χ0n) is 41.8. The third kappa shape index (κ3) is 16.2. The zero-order chi connectivity index (χ0) is 53.6. The molecule has 0 amide bonds. The minimum Gasteiger partial charge on any atom is -0.314 e. The lowest BCUT2D eigenvalue weighted by Gasteiger charge is -2.24. The molecule has 0 aromatic heterocycles. The molecule has 0 bridgehead atoms. The minimum atomic E-state index is -2.93. The molecule has 8 rings (SSSR count). The first-order valence-electron chi connectivity index (χ1n) is 23.6. The summed E-state index contributed by atoms with van der Waals surface area (Å²) in [4.78, 5) is 14.5. The fourth-order valence-corrected chi connectivity index (χ4v) is 20.6. The van der Waals surface area contributed by atoms with E-state index >= 15 is 0 Å². The van der Waals surface area contributed by atoms with Gasteiger partial charge in [0.2, 0.25) is 11.6 Å². The Morgan fingerprint density at radius 1 is 0.257 bits per heavy atom. The van der Waals surface area contributed by atoms with Gasteiger partial charge in [0.05, 0.1) is 0 Å². The molecule has 74 heavy (non-hydrogen) atoms. The third-order valence-corrected chi connectivity index (χ3v) is 24.9. The second kappa shape index (κ2) is 28.3. The van der Waals surface area contributed by atoms with Crippen LogP contribution in [0.15, 0.2) is 243 Å². The van der Waals surface area contributed by atoms with Gasteiger partial charge in [0, 0.05) is 67.1 Å². The molecular formula is C58H64O12P4. The minimum absolute atomic E-state index is 0.349. The van der Waals surface area contributed by atoms with Crippen molar-refractivity contribution in [3.05, 3.63) is 243 Å². The van der Waals surface area contributed by atoms with E-state index < -0.39 is 40.1 Å². The van der Waals surface area contributed by atoms with Gasteiger partial charge in [-0.05, 0) is 27.7 Å². The first kappa shape index (κ1) is 59.2. The fraction of sp³-hybridized carbons (Fsp3) is 0.172. The average molecular weight is 1080 g/mol. The number of hydrogen-bond acceptors (Lipinski definition) is 12. The number of rotatable bonds is 18. The maximum absolute atomic E-state index is 14.4. The molecule has 0 atom stereocenters. The summed E-state index contributed by atoms with van der Waals surface area (Å²) in [6.07, 6.45) is 1.40. The van der Waals surface area contributed by atoms with Crippen molar-refractivity contribution in [2.75, 3.05) is 24.6 Å². The van der Waals surface area contributed by atoms with Crippen molar-refractivity contribution in [2.45, 2.75) is 39.3 Å². The van der Waals surface area contributed by atoms with Crippen molar-refractivity contribution in [1.82, 2.24) is 0 Å². The standard InChI is InChI=1S/2C26H24O2P2.2C3H8O4/c2*27-29(23-13-5-1-6-14-23,24-15-7-2-8-16-24)21-22-30(28,25-17-9-3-10-18-25)26-19-11-4-12-20-26;2*1-3(2,6-4)7-5/h2*1-20H,21-22H2;2*4-5H,1-2H3. The maximum atomic E-state index is 14.4. The van der Waals surface area contributed by atoms with Gasteiger partial charge in [0.15, 0.2) is 0 Å². The Labute approximate surface area is 434 Å². The molecule has 4 N–H and O–H groups in total. The van der Waals surface area contributed by atoms with Crippen LogP contribution in [0.4, 0.5) is 0 Å². The summed E-state index contributed by atoms with van der Waals surface area (Å²) in [5, 5.41) is 37.7. The van der Waals surface area contributed by atoms with Crippen LogP contribution in [0.1, 0.15) is 27.7 Å². The monoisotopic (exact) mass is 1080 g/mol. The van der Waals surface area contributed by atoms with Crippen molar-refractivity contribution in [3.63, 3.8) is 0 Å². The first-order chi connectivity index (χ1) is 35.5. The molecule has 0 aliphatic carbocycles. The van der Waals surface area contributed by atoms with Gasteiger partial charge in [-0.2, -0.15) is 0 Å². The van der Waals surface area contributed by atoms with E-state index in [1.54, 1.807) is 0 Å². The molecule has 16 heteroatoms. The van der Waals surface area contributed by atoms with E-state index in [2.05, 4.69) is 19.6 Å². The molecule has 8 aromatic rings. The largest absolute Gasteiger partial charge is 0.314 e. The molecular weight excluding hydrogens is 1010 g/mol. The van der Waals surface area contributed by atoms with Gasteiger partial charge in [-0.1, -0.05) is 243 Å². The van der Waals surface area contributed by atoms with E-state index in [-0.39, 0.29) is 0 Å². The molecule has 0 spiro atoms. The average Bonchev–Trinajstić information content (AvgIpc) is 3.48. The summed E-state index contributed by atoms with van der Waals surface area (Å²) in [6, 6.07) is 76.8. The predicted octanol–water partition coefficient (Wildman–Crippen LogP) is 11.4. The molecule has 0 aliphatic rings. The van der Waals surface area contributed by atoms with Crippen LogP contribution in [0.2, 0.25) is 0 Å². The van der Waals surface area contributed by atoms with Crippen LogP contribution >= 0.6 is 28.6 Å².